The van der Waals surface area contributed by atoms with E-state index < -0.39 is 0 Å². The number of para-hydroxylation sites is 1. The predicted octanol–water partition coefficient (Wildman–Crippen LogP) is 5.89. The first-order valence-corrected chi connectivity index (χ1v) is 14.6. The molecule has 1 amide bonds. The summed E-state index contributed by atoms with van der Waals surface area (Å²) in [5, 5.41) is 10.5. The Morgan fingerprint density at radius 3 is 2.57 bits per heavy atom. The average Bonchev–Trinajstić information content (AvgIpc) is 3.49. The van der Waals surface area contributed by atoms with Crippen LogP contribution in [0.5, 0.6) is 5.75 Å². The van der Waals surface area contributed by atoms with E-state index in [2.05, 4.69) is 5.32 Å². The molecule has 0 unspecified atom stereocenters. The van der Waals surface area contributed by atoms with E-state index >= 15 is 0 Å². The number of nitrogens with one attached hydrogen (secondary N) is 1. The van der Waals surface area contributed by atoms with Crippen molar-refractivity contribution in [1.82, 2.24) is 14.0 Å². The highest BCUT2D eigenvalue weighted by molar-refractivity contribution is 7.07. The third kappa shape index (κ3) is 5.10. The third-order valence-electron chi connectivity index (χ3n) is 7.06. The highest BCUT2D eigenvalue weighted by Crippen LogP contribution is 2.33. The summed E-state index contributed by atoms with van der Waals surface area (Å²) in [6.45, 7) is 3.89. The minimum Gasteiger partial charge on any atom is -0.482 e. The molecule has 1 N–H and O–H groups in total. The van der Waals surface area contributed by atoms with Gasteiger partial charge in [-0.1, -0.05) is 48.9 Å². The fourth-order valence-corrected chi connectivity index (χ4v) is 5.75. The Labute approximate surface area is 250 Å². The molecule has 1 aliphatic heterocycles. The molecular formula is C31H27ClN6O3S. The lowest BCUT2D eigenvalue weighted by atomic mass is 10.1. The summed E-state index contributed by atoms with van der Waals surface area (Å²) in [5.74, 6) is 0.391. The highest BCUT2D eigenvalue weighted by Gasteiger charge is 2.20. The fourth-order valence-electron chi connectivity index (χ4n) is 4.79. The van der Waals surface area contributed by atoms with Crippen molar-refractivity contribution in [2.45, 2.75) is 20.3 Å². The number of rotatable bonds is 6. The molecule has 0 saturated heterocycles. The van der Waals surface area contributed by atoms with Gasteiger partial charge in [-0.25, -0.2) is 14.4 Å². The smallest absolute Gasteiger partial charge is 0.297 e. The molecule has 42 heavy (non-hydrogen) atoms. The molecule has 0 bridgehead atoms. The molecule has 5 aromatic rings. The second-order valence-corrected chi connectivity index (χ2v) is 11.0. The van der Waals surface area contributed by atoms with Crippen molar-refractivity contribution in [2.75, 3.05) is 11.9 Å². The van der Waals surface area contributed by atoms with Crippen LogP contribution in [-0.4, -0.2) is 32.3 Å². The van der Waals surface area contributed by atoms with Gasteiger partial charge >= 0.3 is 0 Å². The summed E-state index contributed by atoms with van der Waals surface area (Å²) < 4.78 is 10.7. The lowest BCUT2D eigenvalue weighted by molar-refractivity contribution is -0.118. The first-order valence-electron chi connectivity index (χ1n) is 13.3. The fraction of sp³-hybridized carbons (Fsp3) is 0.161. The van der Waals surface area contributed by atoms with Crippen molar-refractivity contribution in [2.24, 2.45) is 17.1 Å². The van der Waals surface area contributed by atoms with Gasteiger partial charge in [-0.3, -0.25) is 14.3 Å². The summed E-state index contributed by atoms with van der Waals surface area (Å²) in [6, 6.07) is 22.6. The Balaban J connectivity index is 1.56. The first-order chi connectivity index (χ1) is 20.3. The molecule has 11 heteroatoms. The number of fused-ring (bicyclic) bond motifs is 1. The Morgan fingerprint density at radius 1 is 1.07 bits per heavy atom. The molecule has 6 rings (SSSR count). The van der Waals surface area contributed by atoms with Gasteiger partial charge in [0.25, 0.3) is 11.5 Å². The van der Waals surface area contributed by atoms with Crippen molar-refractivity contribution in [3.05, 3.63) is 110 Å². The Kier molecular flexibility index (Phi) is 7.40. The second kappa shape index (κ2) is 11.3. The summed E-state index contributed by atoms with van der Waals surface area (Å²) in [4.78, 5) is 31.1. The lowest BCUT2D eigenvalue weighted by Crippen LogP contribution is -2.25. The molecule has 3 aromatic carbocycles. The monoisotopic (exact) mass is 598 g/mol. The van der Waals surface area contributed by atoms with E-state index in [0.717, 1.165) is 33.9 Å². The van der Waals surface area contributed by atoms with Gasteiger partial charge in [-0.05, 0) is 61.4 Å². The molecule has 2 aromatic heterocycles. The average molecular weight is 599 g/mol. The van der Waals surface area contributed by atoms with Crippen molar-refractivity contribution in [1.29, 1.82) is 0 Å². The first kappa shape index (κ1) is 27.5. The number of hydrogen-bond acceptors (Lipinski definition) is 6. The van der Waals surface area contributed by atoms with Crippen LogP contribution < -0.4 is 20.4 Å². The lowest BCUT2D eigenvalue weighted by Gasteiger charge is -2.18. The molecular weight excluding hydrogens is 572 g/mol. The maximum Gasteiger partial charge on any atom is 0.297 e. The number of amides is 1. The van der Waals surface area contributed by atoms with Gasteiger partial charge in [0.1, 0.15) is 5.75 Å². The van der Waals surface area contributed by atoms with Crippen LogP contribution in [0.1, 0.15) is 24.6 Å². The van der Waals surface area contributed by atoms with Crippen molar-refractivity contribution < 1.29 is 9.53 Å². The number of ether oxygens (including phenoxy) is 1. The van der Waals surface area contributed by atoms with Gasteiger partial charge in [-0.2, -0.15) is 5.10 Å². The van der Waals surface area contributed by atoms with Crippen LogP contribution in [0.3, 0.4) is 0 Å². The summed E-state index contributed by atoms with van der Waals surface area (Å²) in [6.07, 6.45) is 0.641. The van der Waals surface area contributed by atoms with Crippen molar-refractivity contribution >= 4 is 45.9 Å². The molecule has 212 valence electrons. The zero-order chi connectivity index (χ0) is 29.4. The normalized spacial score (nSPS) is 13.6. The van der Waals surface area contributed by atoms with Crippen LogP contribution in [0, 0.1) is 6.92 Å². The summed E-state index contributed by atoms with van der Waals surface area (Å²) in [7, 11) is 1.84. The molecule has 0 saturated carbocycles. The number of nitrogens with zero attached hydrogens (tertiary/aromatic N) is 5. The highest BCUT2D eigenvalue weighted by atomic mass is 35.5. The Morgan fingerprint density at radius 2 is 1.83 bits per heavy atom. The van der Waals surface area contributed by atoms with Gasteiger partial charge in [0.2, 0.25) is 4.80 Å². The Bertz CT molecular complexity index is 1970. The van der Waals surface area contributed by atoms with Gasteiger partial charge in [0, 0.05) is 23.0 Å². The Hall–Kier alpha value is -4.67. The number of benzene rings is 3. The number of halogens is 1. The molecule has 1 aliphatic rings. The van der Waals surface area contributed by atoms with E-state index in [4.69, 9.17) is 26.4 Å². The van der Waals surface area contributed by atoms with Crippen molar-refractivity contribution in [3.63, 3.8) is 0 Å². The molecule has 0 fully saturated rings. The third-order valence-corrected chi connectivity index (χ3v) is 8.13. The van der Waals surface area contributed by atoms with Crippen molar-refractivity contribution in [3.8, 4) is 22.7 Å². The second-order valence-electron chi connectivity index (χ2n) is 9.69. The van der Waals surface area contributed by atoms with E-state index in [1.54, 1.807) is 14.0 Å². The number of carbonyl (C=O) groups is 1. The standard InChI is InChI=1S/C31H27ClN6O3S/c1-4-24(20-10-13-22(32)14-11-20)35-37-26(21-12-15-27-25(16-21)33-28(39)17-41-27)18-42-31(37)34-29-19(2)36(3)38(30(29)40)23-8-6-5-7-9-23/h5-16,18H,4,17H2,1-3H3,(H,33,39). The van der Waals surface area contributed by atoms with Gasteiger partial charge in [0.15, 0.2) is 12.3 Å². The van der Waals surface area contributed by atoms with Crippen LogP contribution in [0.15, 0.2) is 93.1 Å². The van der Waals surface area contributed by atoms with Crippen LogP contribution in [0.4, 0.5) is 11.4 Å². The van der Waals surface area contributed by atoms with Crippen LogP contribution in [0.25, 0.3) is 16.9 Å². The summed E-state index contributed by atoms with van der Waals surface area (Å²) >= 11 is 7.52. The van der Waals surface area contributed by atoms with Crippen LogP contribution in [-0.2, 0) is 11.8 Å². The molecule has 0 radical (unpaired) electrons. The quantitative estimate of drug-likeness (QED) is 0.247. The molecule has 9 nitrogen and oxygen atoms in total. The maximum absolute atomic E-state index is 13.7. The SMILES string of the molecule is CCC(=Nn1c(-c2ccc3c(c2)NC(=O)CO3)csc1=Nc1c(C)n(C)n(-c2ccccc2)c1=O)c1ccc(Cl)cc1. The molecule has 0 atom stereocenters. The summed E-state index contributed by atoms with van der Waals surface area (Å²) in [5.41, 5.74) is 5.44. The zero-order valence-electron chi connectivity index (χ0n) is 23.2. The van der Waals surface area contributed by atoms with E-state index in [0.29, 0.717) is 33.4 Å². The zero-order valence-corrected chi connectivity index (χ0v) is 24.7. The van der Waals surface area contributed by atoms with E-state index in [1.165, 1.54) is 11.3 Å². The predicted molar refractivity (Wildman–Crippen MR) is 167 cm³/mol. The largest absolute Gasteiger partial charge is 0.482 e. The number of thiazole rings is 1. The minimum absolute atomic E-state index is 0.0178. The van der Waals surface area contributed by atoms with Gasteiger partial charge in [0.05, 0.1) is 28.5 Å². The van der Waals surface area contributed by atoms with Gasteiger partial charge in [-0.15, -0.1) is 11.3 Å². The van der Waals surface area contributed by atoms with Gasteiger partial charge < -0.3 is 10.1 Å². The molecule has 0 spiro atoms. The van der Waals surface area contributed by atoms with Crippen LogP contribution >= 0.6 is 22.9 Å². The molecule has 0 aliphatic carbocycles. The number of aromatic nitrogens is 3. The number of carbonyl (C=O) groups excluding carboxylic acids is 1. The number of hydrogen-bond donors (Lipinski definition) is 1. The maximum atomic E-state index is 13.7. The van der Waals surface area contributed by atoms with E-state index in [-0.39, 0.29) is 18.1 Å². The number of anilines is 1. The van der Waals surface area contributed by atoms with E-state index in [9.17, 15) is 9.59 Å². The topological polar surface area (TPSA) is 94.9 Å². The van der Waals surface area contributed by atoms with Crippen LogP contribution in [0.2, 0.25) is 5.02 Å². The van der Waals surface area contributed by atoms with E-state index in [1.807, 2.05) is 99.1 Å². The minimum atomic E-state index is -0.228. The molecule has 3 heterocycles.